The Morgan fingerprint density at radius 3 is 2.91 bits per heavy atom. The third kappa shape index (κ3) is 4.87. The summed E-state index contributed by atoms with van der Waals surface area (Å²) >= 11 is 0. The summed E-state index contributed by atoms with van der Waals surface area (Å²) in [5.74, 6) is -4.48. The number of hydrogen-bond acceptors (Lipinski definition) is 5. The molecular weight excluding hydrogens is 437 g/mol. The third-order valence-electron chi connectivity index (χ3n) is 5.16. The van der Waals surface area contributed by atoms with Crippen LogP contribution in [0.1, 0.15) is 28.1 Å². The van der Waals surface area contributed by atoms with E-state index in [-0.39, 0.29) is 5.56 Å². The lowest BCUT2D eigenvalue weighted by molar-refractivity contribution is -0.131. The molecular formula is C23H17F3N4O3. The smallest absolute Gasteiger partial charge is 0.268 e. The van der Waals surface area contributed by atoms with Crippen molar-refractivity contribution in [1.82, 2.24) is 15.2 Å². The van der Waals surface area contributed by atoms with E-state index in [1.54, 1.807) is 24.3 Å². The van der Waals surface area contributed by atoms with E-state index >= 15 is 0 Å². The monoisotopic (exact) mass is 454 g/mol. The fourth-order valence-corrected chi connectivity index (χ4v) is 3.58. The van der Waals surface area contributed by atoms with Gasteiger partial charge in [0.05, 0.1) is 19.2 Å². The number of alkyl halides is 2. The second kappa shape index (κ2) is 8.78. The molecule has 7 nitrogen and oxygen atoms in total. The lowest BCUT2D eigenvalue weighted by Gasteiger charge is -2.19. The van der Waals surface area contributed by atoms with E-state index in [1.807, 2.05) is 0 Å². The number of fused-ring (bicyclic) bond motifs is 1. The number of benzene rings is 1. The van der Waals surface area contributed by atoms with Crippen LogP contribution < -0.4 is 5.32 Å². The zero-order valence-electron chi connectivity index (χ0n) is 17.1. The number of pyridine rings is 1. The molecule has 1 aliphatic heterocycles. The van der Waals surface area contributed by atoms with Crippen LogP contribution in [0, 0.1) is 17.1 Å². The summed E-state index contributed by atoms with van der Waals surface area (Å²) in [4.78, 5) is 29.7. The van der Waals surface area contributed by atoms with E-state index in [0.717, 1.165) is 4.90 Å². The van der Waals surface area contributed by atoms with Crippen molar-refractivity contribution in [3.63, 3.8) is 0 Å². The third-order valence-corrected chi connectivity index (χ3v) is 5.16. The summed E-state index contributed by atoms with van der Waals surface area (Å²) in [5, 5.41) is 12.0. The highest BCUT2D eigenvalue weighted by atomic mass is 19.3. The number of hydrogen-bond donors (Lipinski definition) is 1. The van der Waals surface area contributed by atoms with Gasteiger partial charge in [-0.2, -0.15) is 5.26 Å². The van der Waals surface area contributed by atoms with Crippen molar-refractivity contribution < 1.29 is 27.2 Å². The first kappa shape index (κ1) is 22.1. The molecule has 4 rings (SSSR count). The average molecular weight is 454 g/mol. The average Bonchev–Trinajstić information content (AvgIpc) is 3.34. The van der Waals surface area contributed by atoms with Crippen LogP contribution in [0.5, 0.6) is 0 Å². The van der Waals surface area contributed by atoms with Gasteiger partial charge in [-0.25, -0.2) is 13.2 Å². The highest BCUT2D eigenvalue weighted by Crippen LogP contribution is 2.31. The van der Waals surface area contributed by atoms with Crippen molar-refractivity contribution in [2.24, 2.45) is 0 Å². The van der Waals surface area contributed by atoms with Gasteiger partial charge in [-0.15, -0.1) is 0 Å². The minimum atomic E-state index is -3.13. The van der Waals surface area contributed by atoms with Gasteiger partial charge in [0.1, 0.15) is 23.2 Å². The number of furan rings is 1. The van der Waals surface area contributed by atoms with Crippen molar-refractivity contribution in [1.29, 1.82) is 5.26 Å². The Hall–Kier alpha value is -4.13. The summed E-state index contributed by atoms with van der Waals surface area (Å²) in [6.07, 6.45) is 5.26. The van der Waals surface area contributed by atoms with E-state index in [4.69, 9.17) is 9.68 Å². The number of aromatic nitrogens is 1. The molecule has 1 aliphatic rings. The number of halogens is 3. The van der Waals surface area contributed by atoms with Crippen molar-refractivity contribution in [2.75, 3.05) is 13.1 Å². The minimum absolute atomic E-state index is 0.194. The number of carbonyl (C=O) groups is 2. The van der Waals surface area contributed by atoms with Crippen LogP contribution in [0.25, 0.3) is 23.1 Å². The lowest BCUT2D eigenvalue weighted by atomic mass is 10.1. The van der Waals surface area contributed by atoms with E-state index in [2.05, 4.69) is 10.3 Å². The van der Waals surface area contributed by atoms with Gasteiger partial charge in [0, 0.05) is 35.3 Å². The molecule has 1 fully saturated rings. The maximum atomic E-state index is 13.5. The summed E-state index contributed by atoms with van der Waals surface area (Å²) < 4.78 is 46.1. The van der Waals surface area contributed by atoms with Gasteiger partial charge in [-0.05, 0) is 42.5 Å². The SMILES string of the molecule is N#C[C@@H]1CC(F)(F)CN1C(=O)CNC(=O)c1ccncc1/C=C/c1cc2cc(F)ccc2o1. The predicted octanol–water partition coefficient (Wildman–Crippen LogP) is 3.63. The van der Waals surface area contributed by atoms with Gasteiger partial charge >= 0.3 is 0 Å². The molecule has 168 valence electrons. The zero-order chi connectivity index (χ0) is 23.6. The molecule has 1 atom stereocenters. The first-order valence-electron chi connectivity index (χ1n) is 9.92. The Labute approximate surface area is 186 Å². The topological polar surface area (TPSA) is 99.2 Å². The van der Waals surface area contributed by atoms with Crippen LogP contribution in [0.15, 0.2) is 47.1 Å². The van der Waals surface area contributed by atoms with E-state index in [1.165, 1.54) is 36.7 Å². The van der Waals surface area contributed by atoms with Crippen molar-refractivity contribution in [3.05, 3.63) is 65.4 Å². The molecule has 1 saturated heterocycles. The number of nitrogens with one attached hydrogen (secondary N) is 1. The van der Waals surface area contributed by atoms with Crippen LogP contribution in [0.4, 0.5) is 13.2 Å². The molecule has 3 aromatic rings. The number of likely N-dealkylation sites (tertiary alicyclic amines) is 1. The maximum absolute atomic E-state index is 13.5. The van der Waals surface area contributed by atoms with Crippen molar-refractivity contribution in [2.45, 2.75) is 18.4 Å². The van der Waals surface area contributed by atoms with Crippen LogP contribution in [-0.2, 0) is 4.79 Å². The summed E-state index contributed by atoms with van der Waals surface area (Å²) in [7, 11) is 0. The molecule has 10 heteroatoms. The van der Waals surface area contributed by atoms with Crippen LogP contribution in [0.2, 0.25) is 0 Å². The van der Waals surface area contributed by atoms with Gasteiger partial charge in [-0.1, -0.05) is 0 Å². The molecule has 3 heterocycles. The van der Waals surface area contributed by atoms with Crippen molar-refractivity contribution >= 4 is 34.9 Å². The summed E-state index contributed by atoms with van der Waals surface area (Å²) in [6, 6.07) is 7.66. The van der Waals surface area contributed by atoms with E-state index < -0.39 is 49.1 Å². The molecule has 2 amide bonds. The first-order chi connectivity index (χ1) is 15.8. The molecule has 0 bridgehead atoms. The van der Waals surface area contributed by atoms with Gasteiger partial charge in [0.15, 0.2) is 0 Å². The Morgan fingerprint density at radius 1 is 1.30 bits per heavy atom. The van der Waals surface area contributed by atoms with Gasteiger partial charge in [-0.3, -0.25) is 14.6 Å². The number of nitriles is 1. The lowest BCUT2D eigenvalue weighted by Crippen LogP contribution is -2.43. The predicted molar refractivity (Wildman–Crippen MR) is 112 cm³/mol. The fourth-order valence-electron chi connectivity index (χ4n) is 3.58. The zero-order valence-corrected chi connectivity index (χ0v) is 17.1. The Balaban J connectivity index is 1.45. The molecule has 33 heavy (non-hydrogen) atoms. The number of rotatable bonds is 5. The van der Waals surface area contributed by atoms with E-state index in [9.17, 15) is 22.8 Å². The van der Waals surface area contributed by atoms with Gasteiger partial charge in [0.25, 0.3) is 11.8 Å². The first-order valence-corrected chi connectivity index (χ1v) is 9.92. The second-order valence-corrected chi connectivity index (χ2v) is 7.54. The Kier molecular flexibility index (Phi) is 5.87. The minimum Gasteiger partial charge on any atom is -0.457 e. The van der Waals surface area contributed by atoms with Gasteiger partial charge < -0.3 is 14.6 Å². The number of nitrogens with zero attached hydrogens (tertiary/aromatic N) is 3. The highest BCUT2D eigenvalue weighted by Gasteiger charge is 2.47. The molecule has 1 N–H and O–H groups in total. The quantitative estimate of drug-likeness (QED) is 0.635. The second-order valence-electron chi connectivity index (χ2n) is 7.54. The molecule has 0 radical (unpaired) electrons. The molecule has 1 aromatic carbocycles. The summed E-state index contributed by atoms with van der Waals surface area (Å²) in [5.41, 5.74) is 1.11. The summed E-state index contributed by atoms with van der Waals surface area (Å²) in [6.45, 7) is -1.39. The van der Waals surface area contributed by atoms with Crippen LogP contribution >= 0.6 is 0 Å². The molecule has 0 saturated carbocycles. The molecule has 2 aromatic heterocycles. The maximum Gasteiger partial charge on any atom is 0.268 e. The van der Waals surface area contributed by atoms with Crippen LogP contribution in [-0.4, -0.2) is 46.8 Å². The fraction of sp³-hybridized carbons (Fsp3) is 0.217. The van der Waals surface area contributed by atoms with Crippen LogP contribution in [0.3, 0.4) is 0 Å². The molecule has 0 unspecified atom stereocenters. The largest absolute Gasteiger partial charge is 0.457 e. The Morgan fingerprint density at radius 2 is 2.12 bits per heavy atom. The number of carbonyl (C=O) groups excluding carboxylic acids is 2. The molecule has 0 spiro atoms. The van der Waals surface area contributed by atoms with E-state index in [0.29, 0.717) is 22.3 Å². The standard InChI is InChI=1S/C23H17F3N4O3/c24-16-2-4-20-15(7-16)8-18(33-20)3-1-14-11-28-6-5-19(14)22(32)29-12-21(31)30-13-23(25,26)9-17(30)10-27/h1-8,11,17H,9,12-13H2,(H,29,32)/b3-1+/t17-/m0/s1. The highest BCUT2D eigenvalue weighted by molar-refractivity contribution is 6.00. The molecule has 0 aliphatic carbocycles. The van der Waals surface area contributed by atoms with Gasteiger partial charge in [0.2, 0.25) is 5.91 Å². The van der Waals surface area contributed by atoms with Crippen molar-refractivity contribution in [3.8, 4) is 6.07 Å². The normalized spacial score (nSPS) is 17.4. The Bertz CT molecular complexity index is 1300. The number of amides is 2.